The highest BCUT2D eigenvalue weighted by Gasteiger charge is 2.26. The number of hydrogen-bond acceptors (Lipinski definition) is 5. The molecule has 0 spiro atoms. The molecule has 0 aliphatic carbocycles. The number of hydrogen-bond donors (Lipinski definition) is 0. The summed E-state index contributed by atoms with van der Waals surface area (Å²) < 4.78 is 32.4. The third-order valence-electron chi connectivity index (χ3n) is 4.24. The maximum Gasteiger partial charge on any atom is 0.224 e. The molecule has 0 N–H and O–H groups in total. The molecule has 0 amide bonds. The van der Waals surface area contributed by atoms with Gasteiger partial charge in [-0.1, -0.05) is 18.2 Å². The molecule has 6 nitrogen and oxygen atoms in total. The van der Waals surface area contributed by atoms with Crippen LogP contribution in [0.2, 0.25) is 0 Å². The average molecular weight is 398 g/mol. The smallest absolute Gasteiger partial charge is 0.224 e. The number of methoxy groups -OCH3 is 1. The van der Waals surface area contributed by atoms with Crippen molar-refractivity contribution in [2.75, 3.05) is 7.11 Å². The molecule has 1 heterocycles. The Morgan fingerprint density at radius 2 is 1.75 bits per heavy atom. The first-order chi connectivity index (χ1) is 13.1. The van der Waals surface area contributed by atoms with Gasteiger partial charge in [0.15, 0.2) is 16.8 Å². The van der Waals surface area contributed by atoms with Crippen molar-refractivity contribution >= 4 is 27.0 Å². The molecule has 0 aliphatic heterocycles. The summed E-state index contributed by atoms with van der Waals surface area (Å²) in [6, 6.07) is 14.9. The summed E-state index contributed by atoms with van der Waals surface area (Å²) in [5.41, 5.74) is 0.00658. The summed E-state index contributed by atoms with van der Waals surface area (Å²) in [4.78, 5) is 4.52. The van der Waals surface area contributed by atoms with Gasteiger partial charge in [0.2, 0.25) is 9.84 Å². The topological polar surface area (TPSA) is 82.3 Å². The van der Waals surface area contributed by atoms with Crippen molar-refractivity contribution in [2.24, 2.45) is 0 Å². The second-order valence-electron chi connectivity index (χ2n) is 7.38. The van der Waals surface area contributed by atoms with Gasteiger partial charge in [0.25, 0.3) is 0 Å². The van der Waals surface area contributed by atoms with Crippen LogP contribution < -0.4 is 4.74 Å². The Labute approximate surface area is 164 Å². The summed E-state index contributed by atoms with van der Waals surface area (Å²) in [6.45, 7) is 5.25. The molecule has 2 aromatic carbocycles. The van der Waals surface area contributed by atoms with E-state index in [4.69, 9.17) is 4.74 Å². The van der Waals surface area contributed by atoms with Crippen LogP contribution in [0, 0.1) is 5.21 Å². The summed E-state index contributed by atoms with van der Waals surface area (Å²) >= 11 is 0. The van der Waals surface area contributed by atoms with E-state index in [9.17, 15) is 13.6 Å². The Balaban J connectivity index is 2.32. The molecular formula is C21H22N2O4S. The van der Waals surface area contributed by atoms with Gasteiger partial charge in [0.05, 0.1) is 23.1 Å². The molecule has 0 bridgehead atoms. The monoisotopic (exact) mass is 398 g/mol. The van der Waals surface area contributed by atoms with Crippen LogP contribution in [0.1, 0.15) is 26.3 Å². The molecule has 0 fully saturated rings. The van der Waals surface area contributed by atoms with E-state index in [1.165, 1.54) is 18.3 Å². The van der Waals surface area contributed by atoms with Crippen molar-refractivity contribution in [2.45, 2.75) is 36.2 Å². The maximum absolute atomic E-state index is 13.2. The van der Waals surface area contributed by atoms with Gasteiger partial charge in [-0.05, 0) is 36.4 Å². The molecule has 0 radical (unpaired) electrons. The molecule has 7 heteroatoms. The van der Waals surface area contributed by atoms with Crippen molar-refractivity contribution < 1.29 is 17.9 Å². The highest BCUT2D eigenvalue weighted by Crippen LogP contribution is 2.27. The SMILES string of the molecule is COc1ccc2nc(S(=O)(=O)c3ccccc3)c(/C=[N+](\[O-])C(C)(C)C)cc2c1. The molecule has 3 aromatic rings. The van der Waals surface area contributed by atoms with E-state index in [-0.39, 0.29) is 15.5 Å². The molecule has 146 valence electrons. The fourth-order valence-electron chi connectivity index (χ4n) is 2.62. The average Bonchev–Trinajstić information content (AvgIpc) is 2.66. The van der Waals surface area contributed by atoms with Crippen LogP contribution in [-0.2, 0) is 9.84 Å². The van der Waals surface area contributed by atoms with Gasteiger partial charge >= 0.3 is 0 Å². The Hall–Kier alpha value is -2.93. The zero-order valence-corrected chi connectivity index (χ0v) is 17.0. The van der Waals surface area contributed by atoms with Gasteiger partial charge in [0.1, 0.15) is 5.75 Å². The van der Waals surface area contributed by atoms with Crippen LogP contribution in [0.3, 0.4) is 0 Å². The third-order valence-corrected chi connectivity index (χ3v) is 5.97. The van der Waals surface area contributed by atoms with Crippen molar-refractivity contribution in [3.05, 3.63) is 65.4 Å². The number of fused-ring (bicyclic) bond motifs is 1. The number of hydroxylamine groups is 1. The van der Waals surface area contributed by atoms with Crippen LogP contribution in [0.25, 0.3) is 10.9 Å². The van der Waals surface area contributed by atoms with E-state index >= 15 is 0 Å². The Bertz CT molecular complexity index is 1150. The zero-order chi connectivity index (χ0) is 20.5. The number of aromatic nitrogens is 1. The van der Waals surface area contributed by atoms with Gasteiger partial charge in [-0.15, -0.1) is 0 Å². The van der Waals surface area contributed by atoms with Crippen molar-refractivity contribution in [3.8, 4) is 5.75 Å². The van der Waals surface area contributed by atoms with Gasteiger partial charge in [-0.2, -0.15) is 0 Å². The highest BCUT2D eigenvalue weighted by atomic mass is 32.2. The Morgan fingerprint density at radius 1 is 1.07 bits per heavy atom. The molecule has 0 saturated carbocycles. The molecule has 0 unspecified atom stereocenters. The van der Waals surface area contributed by atoms with Gasteiger partial charge < -0.3 is 9.94 Å². The van der Waals surface area contributed by atoms with E-state index in [1.54, 1.807) is 70.3 Å². The molecule has 3 rings (SSSR count). The summed E-state index contributed by atoms with van der Waals surface area (Å²) in [5.74, 6) is 0.619. The fourth-order valence-corrected chi connectivity index (χ4v) is 4.00. The summed E-state index contributed by atoms with van der Waals surface area (Å²) in [6.07, 6.45) is 1.28. The summed E-state index contributed by atoms with van der Waals surface area (Å²) in [7, 11) is -2.36. The third kappa shape index (κ3) is 3.84. The molecule has 0 atom stereocenters. The lowest BCUT2D eigenvalue weighted by Gasteiger charge is -2.19. The first-order valence-electron chi connectivity index (χ1n) is 8.73. The quantitative estimate of drug-likeness (QED) is 0.289. The fraction of sp³-hybridized carbons (Fsp3) is 0.238. The number of rotatable bonds is 4. The van der Waals surface area contributed by atoms with Crippen molar-refractivity contribution in [1.29, 1.82) is 0 Å². The number of sulfone groups is 1. The number of pyridine rings is 1. The Morgan fingerprint density at radius 3 is 2.36 bits per heavy atom. The van der Waals surface area contributed by atoms with Crippen molar-refractivity contribution in [3.63, 3.8) is 0 Å². The first kappa shape index (κ1) is 19.8. The van der Waals surface area contributed by atoms with E-state index in [0.717, 1.165) is 4.74 Å². The number of nitrogens with zero attached hydrogens (tertiary/aromatic N) is 2. The standard InChI is InChI=1S/C21H22N2O4S/c1-21(2,3)23(24)14-16-12-15-13-17(27-4)10-11-19(15)22-20(16)28(25,26)18-8-6-5-7-9-18/h5-14H,1-4H3/b23-14-. The minimum Gasteiger partial charge on any atom is -0.623 e. The lowest BCUT2D eigenvalue weighted by molar-refractivity contribution is -0.530. The molecular weight excluding hydrogens is 376 g/mol. The van der Waals surface area contributed by atoms with Gasteiger partial charge in [0, 0.05) is 26.2 Å². The van der Waals surface area contributed by atoms with Crippen LogP contribution in [0.15, 0.2) is 64.5 Å². The van der Waals surface area contributed by atoms with E-state index in [0.29, 0.717) is 16.7 Å². The predicted molar refractivity (Wildman–Crippen MR) is 109 cm³/mol. The van der Waals surface area contributed by atoms with E-state index < -0.39 is 15.4 Å². The predicted octanol–water partition coefficient (Wildman–Crippen LogP) is 3.80. The minimum absolute atomic E-state index is 0.123. The largest absolute Gasteiger partial charge is 0.623 e. The summed E-state index contributed by atoms with van der Waals surface area (Å²) in [5, 5.41) is 13.1. The van der Waals surface area contributed by atoms with Gasteiger partial charge in [-0.25, -0.2) is 18.1 Å². The number of benzene rings is 2. The van der Waals surface area contributed by atoms with Crippen LogP contribution >= 0.6 is 0 Å². The van der Waals surface area contributed by atoms with Gasteiger partial charge in [-0.3, -0.25) is 0 Å². The Kier molecular flexibility index (Phi) is 5.12. The van der Waals surface area contributed by atoms with E-state index in [2.05, 4.69) is 4.98 Å². The lowest BCUT2D eigenvalue weighted by Crippen LogP contribution is -2.29. The highest BCUT2D eigenvalue weighted by molar-refractivity contribution is 7.91. The van der Waals surface area contributed by atoms with Crippen LogP contribution in [-0.4, -0.2) is 37.0 Å². The molecule has 0 saturated heterocycles. The second kappa shape index (κ2) is 7.24. The second-order valence-corrected chi connectivity index (χ2v) is 9.25. The molecule has 28 heavy (non-hydrogen) atoms. The number of ether oxygens (including phenoxy) is 1. The van der Waals surface area contributed by atoms with Crippen LogP contribution in [0.5, 0.6) is 5.75 Å². The first-order valence-corrected chi connectivity index (χ1v) is 10.2. The van der Waals surface area contributed by atoms with Crippen molar-refractivity contribution in [1.82, 2.24) is 4.98 Å². The minimum atomic E-state index is -3.91. The molecule has 0 aliphatic rings. The maximum atomic E-state index is 13.2. The lowest BCUT2D eigenvalue weighted by atomic mass is 10.1. The molecule has 1 aromatic heterocycles. The zero-order valence-electron chi connectivity index (χ0n) is 16.2. The van der Waals surface area contributed by atoms with E-state index in [1.807, 2.05) is 0 Å². The normalized spacial score (nSPS) is 12.9. The van der Waals surface area contributed by atoms with Crippen LogP contribution in [0.4, 0.5) is 0 Å².